The number of urea groups is 1. The molecule has 0 aliphatic carbocycles. The van der Waals surface area contributed by atoms with E-state index < -0.39 is 0 Å². The third-order valence-corrected chi connectivity index (χ3v) is 4.75. The molecule has 1 saturated heterocycles. The van der Waals surface area contributed by atoms with E-state index in [0.29, 0.717) is 19.7 Å². The predicted molar refractivity (Wildman–Crippen MR) is 111 cm³/mol. The topological polar surface area (TPSA) is 54.0 Å². The number of rotatable bonds is 8. The maximum Gasteiger partial charge on any atom is 0.317 e. The van der Waals surface area contributed by atoms with Crippen LogP contribution in [0.25, 0.3) is 0 Å². The third-order valence-electron chi connectivity index (χ3n) is 4.75. The van der Waals surface area contributed by atoms with Crippen molar-refractivity contribution in [1.82, 2.24) is 10.2 Å². The van der Waals surface area contributed by atoms with Gasteiger partial charge < -0.3 is 24.6 Å². The third kappa shape index (κ3) is 6.16. The van der Waals surface area contributed by atoms with Gasteiger partial charge in [0.25, 0.3) is 0 Å². The Bertz CT molecular complexity index is 716. The number of para-hydroxylation sites is 1. The van der Waals surface area contributed by atoms with Crippen LogP contribution in [0.2, 0.25) is 0 Å². The summed E-state index contributed by atoms with van der Waals surface area (Å²) in [6.07, 6.45) is 0.785. The molecule has 2 aromatic carbocycles. The second kappa shape index (κ2) is 10.6. The van der Waals surface area contributed by atoms with Gasteiger partial charge in [-0.3, -0.25) is 0 Å². The van der Waals surface area contributed by atoms with Crippen molar-refractivity contribution in [3.05, 3.63) is 60.2 Å². The summed E-state index contributed by atoms with van der Waals surface area (Å²) in [6.45, 7) is 5.16. The molecule has 0 atom stereocenters. The van der Waals surface area contributed by atoms with E-state index >= 15 is 0 Å². The number of carbonyl (C=O) groups excluding carboxylic acids is 1. The van der Waals surface area contributed by atoms with Gasteiger partial charge >= 0.3 is 6.03 Å². The molecule has 2 amide bonds. The quantitative estimate of drug-likeness (QED) is 0.712. The molecule has 28 heavy (non-hydrogen) atoms. The summed E-state index contributed by atoms with van der Waals surface area (Å²) in [5.41, 5.74) is 2.29. The van der Waals surface area contributed by atoms with E-state index in [0.717, 1.165) is 44.0 Å². The lowest BCUT2D eigenvalue weighted by atomic mass is 10.2. The maximum absolute atomic E-state index is 12.2. The van der Waals surface area contributed by atoms with Crippen molar-refractivity contribution >= 4 is 11.7 Å². The van der Waals surface area contributed by atoms with Gasteiger partial charge in [0, 0.05) is 38.9 Å². The van der Waals surface area contributed by atoms with E-state index in [4.69, 9.17) is 9.47 Å². The molecule has 1 aliphatic rings. The fourth-order valence-electron chi connectivity index (χ4n) is 3.07. The molecule has 1 N–H and O–H groups in total. The number of anilines is 1. The minimum atomic E-state index is -0.0723. The van der Waals surface area contributed by atoms with Crippen LogP contribution in [0, 0.1) is 0 Å². The first-order valence-electron chi connectivity index (χ1n) is 9.81. The van der Waals surface area contributed by atoms with Crippen LogP contribution >= 0.6 is 0 Å². The Morgan fingerprint density at radius 3 is 2.54 bits per heavy atom. The number of benzene rings is 2. The second-order valence-electron chi connectivity index (χ2n) is 6.86. The average Bonchev–Trinajstić information content (AvgIpc) is 2.76. The fourth-order valence-corrected chi connectivity index (χ4v) is 3.07. The smallest absolute Gasteiger partial charge is 0.317 e. The molecule has 0 bridgehead atoms. The monoisotopic (exact) mass is 383 g/mol. The number of carbonyl (C=O) groups is 1. The zero-order valence-corrected chi connectivity index (χ0v) is 16.5. The fraction of sp³-hybridized carbons (Fsp3) is 0.409. The lowest BCUT2D eigenvalue weighted by Gasteiger charge is -2.29. The normalized spacial score (nSPS) is 13.8. The zero-order valence-electron chi connectivity index (χ0n) is 16.5. The Labute approximate surface area is 167 Å². The largest absolute Gasteiger partial charge is 0.494 e. The molecule has 150 valence electrons. The maximum atomic E-state index is 12.2. The predicted octanol–water partition coefficient (Wildman–Crippen LogP) is 3.13. The van der Waals surface area contributed by atoms with Gasteiger partial charge in [-0.1, -0.05) is 30.3 Å². The van der Waals surface area contributed by atoms with E-state index in [1.807, 2.05) is 30.3 Å². The van der Waals surface area contributed by atoms with Gasteiger partial charge in [0.15, 0.2) is 0 Å². The Hall–Kier alpha value is -2.73. The zero-order chi connectivity index (χ0) is 19.6. The van der Waals surface area contributed by atoms with Crippen LogP contribution in [0.3, 0.4) is 0 Å². The first-order valence-corrected chi connectivity index (χ1v) is 9.81. The Morgan fingerprint density at radius 2 is 1.82 bits per heavy atom. The number of ether oxygens (including phenoxy) is 2. The Balaban J connectivity index is 1.34. The number of nitrogens with zero attached hydrogens (tertiary/aromatic N) is 2. The van der Waals surface area contributed by atoms with E-state index in [1.54, 1.807) is 11.9 Å². The number of hydrogen-bond donors (Lipinski definition) is 1. The number of nitrogens with one attached hydrogen (secondary N) is 1. The number of hydrogen-bond acceptors (Lipinski definition) is 4. The molecular weight excluding hydrogens is 354 g/mol. The van der Waals surface area contributed by atoms with E-state index in [2.05, 4.69) is 34.5 Å². The highest BCUT2D eigenvalue weighted by Gasteiger charge is 2.11. The van der Waals surface area contributed by atoms with Crippen molar-refractivity contribution in [2.45, 2.75) is 13.0 Å². The Morgan fingerprint density at radius 1 is 1.11 bits per heavy atom. The molecule has 0 aromatic heterocycles. The molecule has 6 nitrogen and oxygen atoms in total. The van der Waals surface area contributed by atoms with Crippen LogP contribution in [0.4, 0.5) is 10.5 Å². The second-order valence-corrected chi connectivity index (χ2v) is 6.86. The molecule has 1 fully saturated rings. The summed E-state index contributed by atoms with van der Waals surface area (Å²) < 4.78 is 11.0. The molecule has 0 spiro atoms. The summed E-state index contributed by atoms with van der Waals surface area (Å²) >= 11 is 0. The average molecular weight is 383 g/mol. The van der Waals surface area contributed by atoms with Crippen molar-refractivity contribution in [3.8, 4) is 5.75 Å². The first kappa shape index (κ1) is 20.0. The van der Waals surface area contributed by atoms with Gasteiger partial charge in [0.1, 0.15) is 5.75 Å². The highest BCUT2D eigenvalue weighted by atomic mass is 16.5. The SMILES string of the molecule is CN(CCCOc1ccccc1)C(=O)NCc1ccc(N2CCOCC2)cc1. The van der Waals surface area contributed by atoms with E-state index in [9.17, 15) is 4.79 Å². The highest BCUT2D eigenvalue weighted by Crippen LogP contribution is 2.16. The lowest BCUT2D eigenvalue weighted by Crippen LogP contribution is -2.37. The Kier molecular flexibility index (Phi) is 7.55. The molecule has 0 radical (unpaired) electrons. The lowest BCUT2D eigenvalue weighted by molar-refractivity contribution is 0.122. The van der Waals surface area contributed by atoms with Crippen LogP contribution in [-0.4, -0.2) is 57.4 Å². The van der Waals surface area contributed by atoms with Crippen LogP contribution < -0.4 is 15.0 Å². The van der Waals surface area contributed by atoms with E-state index in [1.165, 1.54) is 5.69 Å². The molecule has 3 rings (SSSR count). The van der Waals surface area contributed by atoms with Crippen molar-refractivity contribution in [1.29, 1.82) is 0 Å². The van der Waals surface area contributed by atoms with Crippen molar-refractivity contribution < 1.29 is 14.3 Å². The summed E-state index contributed by atoms with van der Waals surface area (Å²) in [6, 6.07) is 18.0. The minimum absolute atomic E-state index is 0.0723. The summed E-state index contributed by atoms with van der Waals surface area (Å²) in [4.78, 5) is 16.3. The molecule has 1 heterocycles. The molecule has 0 saturated carbocycles. The van der Waals surface area contributed by atoms with Crippen LogP contribution in [0.1, 0.15) is 12.0 Å². The van der Waals surface area contributed by atoms with Crippen LogP contribution in [-0.2, 0) is 11.3 Å². The molecular formula is C22H29N3O3. The van der Waals surface area contributed by atoms with Gasteiger partial charge in [0.2, 0.25) is 0 Å². The van der Waals surface area contributed by atoms with Crippen molar-refractivity contribution in [2.75, 3.05) is 51.4 Å². The molecule has 0 unspecified atom stereocenters. The van der Waals surface area contributed by atoms with Crippen LogP contribution in [0.15, 0.2) is 54.6 Å². The standard InChI is InChI=1S/C22H29N3O3/c1-24(12-5-15-28-21-6-3-2-4-7-21)22(26)23-18-19-8-10-20(11-9-19)25-13-16-27-17-14-25/h2-4,6-11H,5,12-18H2,1H3,(H,23,26). The summed E-state index contributed by atoms with van der Waals surface area (Å²) in [5.74, 6) is 0.857. The first-order chi connectivity index (χ1) is 13.7. The van der Waals surface area contributed by atoms with Gasteiger partial charge in [-0.15, -0.1) is 0 Å². The molecule has 1 aliphatic heterocycles. The van der Waals surface area contributed by atoms with E-state index in [-0.39, 0.29) is 6.03 Å². The van der Waals surface area contributed by atoms with Crippen LogP contribution in [0.5, 0.6) is 5.75 Å². The highest BCUT2D eigenvalue weighted by molar-refractivity contribution is 5.73. The molecule has 6 heteroatoms. The number of amides is 2. The van der Waals surface area contributed by atoms with Crippen molar-refractivity contribution in [3.63, 3.8) is 0 Å². The van der Waals surface area contributed by atoms with Gasteiger partial charge in [-0.2, -0.15) is 0 Å². The van der Waals surface area contributed by atoms with Gasteiger partial charge in [-0.25, -0.2) is 4.79 Å². The van der Waals surface area contributed by atoms with Gasteiger partial charge in [-0.05, 0) is 36.2 Å². The summed E-state index contributed by atoms with van der Waals surface area (Å²) in [7, 11) is 1.80. The molecule has 2 aromatic rings. The number of morpholine rings is 1. The minimum Gasteiger partial charge on any atom is -0.494 e. The van der Waals surface area contributed by atoms with Gasteiger partial charge in [0.05, 0.1) is 19.8 Å². The summed E-state index contributed by atoms with van der Waals surface area (Å²) in [5, 5.41) is 2.97. The van der Waals surface area contributed by atoms with Crippen molar-refractivity contribution in [2.24, 2.45) is 0 Å².